The molecule has 8 heteroatoms. The lowest BCUT2D eigenvalue weighted by Gasteiger charge is -2.26. The Morgan fingerprint density at radius 1 is 1.45 bits per heavy atom. The first kappa shape index (κ1) is 17.1. The van der Waals surface area contributed by atoms with Crippen molar-refractivity contribution in [3.8, 4) is 0 Å². The van der Waals surface area contributed by atoms with Crippen molar-refractivity contribution in [2.75, 3.05) is 51.8 Å². The number of carbonyl (C=O) groups is 1. The molecule has 6 nitrogen and oxygen atoms in total. The van der Waals surface area contributed by atoms with Crippen LogP contribution in [0.2, 0.25) is 0 Å². The van der Waals surface area contributed by atoms with Gasteiger partial charge in [0.25, 0.3) is 0 Å². The van der Waals surface area contributed by atoms with Crippen LogP contribution in [0.1, 0.15) is 16.1 Å². The van der Waals surface area contributed by atoms with Crippen LogP contribution in [0.4, 0.5) is 5.00 Å². The van der Waals surface area contributed by atoms with Gasteiger partial charge in [0.15, 0.2) is 5.11 Å². The lowest BCUT2D eigenvalue weighted by Crippen LogP contribution is -2.38. The number of hydrogen-bond acceptors (Lipinski definition) is 6. The van der Waals surface area contributed by atoms with Crippen molar-refractivity contribution in [3.63, 3.8) is 0 Å². The van der Waals surface area contributed by atoms with Gasteiger partial charge in [0.2, 0.25) is 0 Å². The molecule has 0 atom stereocenters. The number of carbonyl (C=O) groups excluding carboxylic acids is 1. The molecule has 1 saturated heterocycles. The summed E-state index contributed by atoms with van der Waals surface area (Å²) in [4.78, 5) is 14.3. The predicted molar refractivity (Wildman–Crippen MR) is 91.8 cm³/mol. The number of methoxy groups -OCH3 is 1. The van der Waals surface area contributed by atoms with E-state index in [4.69, 9.17) is 17.0 Å². The highest BCUT2D eigenvalue weighted by Crippen LogP contribution is 2.22. The summed E-state index contributed by atoms with van der Waals surface area (Å²) in [6.45, 7) is 5.54. The molecule has 0 aliphatic carbocycles. The Bertz CT molecular complexity index is 501. The molecule has 1 fully saturated rings. The third kappa shape index (κ3) is 5.53. The van der Waals surface area contributed by atoms with Gasteiger partial charge in [-0.1, -0.05) is 0 Å². The van der Waals surface area contributed by atoms with E-state index in [9.17, 15) is 4.79 Å². The third-order valence-electron chi connectivity index (χ3n) is 3.27. The second-order valence-corrected chi connectivity index (χ2v) is 6.34. The molecule has 2 heterocycles. The van der Waals surface area contributed by atoms with Gasteiger partial charge >= 0.3 is 5.97 Å². The second-order valence-electron chi connectivity index (χ2n) is 4.84. The van der Waals surface area contributed by atoms with E-state index in [0.717, 1.165) is 50.8 Å². The van der Waals surface area contributed by atoms with Crippen LogP contribution in [-0.2, 0) is 9.47 Å². The zero-order chi connectivity index (χ0) is 15.8. The fraction of sp³-hybridized carbons (Fsp3) is 0.571. The van der Waals surface area contributed by atoms with Crippen LogP contribution in [0, 0.1) is 0 Å². The van der Waals surface area contributed by atoms with Crippen LogP contribution in [0.15, 0.2) is 12.1 Å². The van der Waals surface area contributed by atoms with Crippen molar-refractivity contribution in [2.24, 2.45) is 0 Å². The molecule has 1 aliphatic rings. The molecule has 122 valence electrons. The highest BCUT2D eigenvalue weighted by Gasteiger charge is 2.10. The predicted octanol–water partition coefficient (Wildman–Crippen LogP) is 1.54. The summed E-state index contributed by atoms with van der Waals surface area (Å²) in [6.07, 6.45) is 1.03. The van der Waals surface area contributed by atoms with E-state index < -0.39 is 0 Å². The SMILES string of the molecule is COC(=O)c1ccc(NC(=S)NCCCN2CCOCC2)s1. The number of rotatable bonds is 6. The number of thiophene rings is 1. The molecule has 0 aromatic carbocycles. The van der Waals surface area contributed by atoms with E-state index in [0.29, 0.717) is 9.99 Å². The van der Waals surface area contributed by atoms with Gasteiger partial charge in [-0.3, -0.25) is 4.90 Å². The van der Waals surface area contributed by atoms with Crippen molar-refractivity contribution in [2.45, 2.75) is 6.42 Å². The largest absolute Gasteiger partial charge is 0.465 e. The standard InChI is InChI=1S/C14H21N3O3S2/c1-19-13(18)11-3-4-12(22-11)16-14(21)15-5-2-6-17-7-9-20-10-8-17/h3-4H,2,5-10H2,1H3,(H2,15,16,21). The number of esters is 1. The van der Waals surface area contributed by atoms with E-state index in [1.807, 2.05) is 6.07 Å². The van der Waals surface area contributed by atoms with Crippen LogP contribution in [0.3, 0.4) is 0 Å². The van der Waals surface area contributed by atoms with Crippen molar-refractivity contribution in [3.05, 3.63) is 17.0 Å². The summed E-state index contributed by atoms with van der Waals surface area (Å²) in [5, 5.41) is 7.65. The van der Waals surface area contributed by atoms with Crippen molar-refractivity contribution < 1.29 is 14.3 Å². The van der Waals surface area contributed by atoms with Gasteiger partial charge in [-0.25, -0.2) is 4.79 Å². The van der Waals surface area contributed by atoms with Crippen LogP contribution in [0.5, 0.6) is 0 Å². The van der Waals surface area contributed by atoms with E-state index in [1.54, 1.807) is 6.07 Å². The minimum absolute atomic E-state index is 0.331. The highest BCUT2D eigenvalue weighted by atomic mass is 32.1. The average molecular weight is 343 g/mol. The molecule has 1 aromatic heterocycles. The molecule has 2 N–H and O–H groups in total. The van der Waals surface area contributed by atoms with Crippen LogP contribution in [0.25, 0.3) is 0 Å². The molecular weight excluding hydrogens is 322 g/mol. The minimum Gasteiger partial charge on any atom is -0.465 e. The van der Waals surface area contributed by atoms with E-state index >= 15 is 0 Å². The van der Waals surface area contributed by atoms with Gasteiger partial charge in [0.05, 0.1) is 25.3 Å². The first-order valence-electron chi connectivity index (χ1n) is 7.22. The Morgan fingerprint density at radius 3 is 2.95 bits per heavy atom. The molecule has 1 aliphatic heterocycles. The molecule has 0 unspecified atom stereocenters. The lowest BCUT2D eigenvalue weighted by atomic mass is 10.3. The van der Waals surface area contributed by atoms with Crippen LogP contribution in [-0.4, -0.2) is 62.5 Å². The number of hydrogen-bond donors (Lipinski definition) is 2. The number of ether oxygens (including phenoxy) is 2. The van der Waals surface area contributed by atoms with Gasteiger partial charge in [-0.2, -0.15) is 0 Å². The Balaban J connectivity index is 1.63. The maximum atomic E-state index is 11.4. The Labute approximate surface area is 139 Å². The Morgan fingerprint density at radius 2 is 2.23 bits per heavy atom. The summed E-state index contributed by atoms with van der Waals surface area (Å²) in [7, 11) is 1.37. The monoisotopic (exact) mass is 343 g/mol. The van der Waals surface area contributed by atoms with Gasteiger partial charge in [-0.15, -0.1) is 11.3 Å². The third-order valence-corrected chi connectivity index (χ3v) is 4.50. The molecule has 0 amide bonds. The smallest absolute Gasteiger partial charge is 0.348 e. The van der Waals surface area contributed by atoms with E-state index in [1.165, 1.54) is 18.4 Å². The van der Waals surface area contributed by atoms with Crippen molar-refractivity contribution in [1.82, 2.24) is 10.2 Å². The minimum atomic E-state index is -0.331. The summed E-state index contributed by atoms with van der Waals surface area (Å²) < 4.78 is 9.99. The lowest BCUT2D eigenvalue weighted by molar-refractivity contribution is 0.0376. The second kappa shape index (κ2) is 9.04. The molecule has 0 bridgehead atoms. The quantitative estimate of drug-likeness (QED) is 0.461. The average Bonchev–Trinajstić information content (AvgIpc) is 3.00. The molecule has 1 aromatic rings. The number of nitrogens with zero attached hydrogens (tertiary/aromatic N) is 1. The number of thiocarbonyl (C=S) groups is 1. The fourth-order valence-corrected chi connectivity index (χ4v) is 3.21. The maximum absolute atomic E-state index is 11.4. The molecule has 22 heavy (non-hydrogen) atoms. The molecule has 0 saturated carbocycles. The van der Waals surface area contributed by atoms with Gasteiger partial charge in [0, 0.05) is 19.6 Å². The van der Waals surface area contributed by atoms with Crippen LogP contribution < -0.4 is 10.6 Å². The van der Waals surface area contributed by atoms with Crippen molar-refractivity contribution in [1.29, 1.82) is 0 Å². The normalized spacial score (nSPS) is 15.3. The van der Waals surface area contributed by atoms with Gasteiger partial charge in [0.1, 0.15) is 4.88 Å². The van der Waals surface area contributed by atoms with Gasteiger partial charge in [-0.05, 0) is 37.3 Å². The first-order chi connectivity index (χ1) is 10.7. The number of anilines is 1. The van der Waals surface area contributed by atoms with E-state index in [-0.39, 0.29) is 5.97 Å². The summed E-state index contributed by atoms with van der Waals surface area (Å²) >= 11 is 6.56. The maximum Gasteiger partial charge on any atom is 0.348 e. The fourth-order valence-electron chi connectivity index (χ4n) is 2.10. The Hall–Kier alpha value is -1.22. The van der Waals surface area contributed by atoms with Gasteiger partial charge < -0.3 is 20.1 Å². The summed E-state index contributed by atoms with van der Waals surface area (Å²) in [6, 6.07) is 3.54. The molecule has 2 rings (SSSR count). The zero-order valence-electron chi connectivity index (χ0n) is 12.6. The molecular formula is C14H21N3O3S2. The number of nitrogens with one attached hydrogen (secondary N) is 2. The summed E-state index contributed by atoms with van der Waals surface area (Å²) in [5.74, 6) is -0.331. The summed E-state index contributed by atoms with van der Waals surface area (Å²) in [5.41, 5.74) is 0. The molecule has 0 radical (unpaired) electrons. The highest BCUT2D eigenvalue weighted by molar-refractivity contribution is 7.80. The van der Waals surface area contributed by atoms with Crippen LogP contribution >= 0.6 is 23.6 Å². The Kier molecular flexibility index (Phi) is 7.04. The topological polar surface area (TPSA) is 62.8 Å². The van der Waals surface area contributed by atoms with E-state index in [2.05, 4.69) is 20.3 Å². The zero-order valence-corrected chi connectivity index (χ0v) is 14.2. The van der Waals surface area contributed by atoms with Crippen molar-refractivity contribution >= 4 is 39.6 Å². The molecule has 0 spiro atoms. The first-order valence-corrected chi connectivity index (χ1v) is 8.44. The number of morpholine rings is 1.